The molecule has 0 aromatic carbocycles. The number of carbonyl (C=O) groups is 2. The van der Waals surface area contributed by atoms with Gasteiger partial charge in [-0.15, -0.1) is 0 Å². The van der Waals surface area contributed by atoms with E-state index in [4.69, 9.17) is 0 Å². The molecule has 1 heterocycles. The van der Waals surface area contributed by atoms with Crippen LogP contribution in [-0.4, -0.2) is 48.1 Å². The summed E-state index contributed by atoms with van der Waals surface area (Å²) in [6.07, 6.45) is 1.15. The maximum Gasteiger partial charge on any atom is 0.310 e. The van der Waals surface area contributed by atoms with Crippen molar-refractivity contribution < 1.29 is 14.7 Å². The van der Waals surface area contributed by atoms with E-state index in [1.807, 2.05) is 13.8 Å². The number of aliphatic carboxylic acids is 1. The smallest absolute Gasteiger partial charge is 0.310 e. The van der Waals surface area contributed by atoms with Gasteiger partial charge in [0, 0.05) is 19.5 Å². The zero-order valence-electron chi connectivity index (χ0n) is 13.1. The van der Waals surface area contributed by atoms with Crippen LogP contribution in [0.15, 0.2) is 0 Å². The number of hydrogen-bond acceptors (Lipinski definition) is 3. The number of nitrogens with one attached hydrogen (secondary N) is 1. The third kappa shape index (κ3) is 4.20. The largest absolute Gasteiger partial charge is 0.481 e. The summed E-state index contributed by atoms with van der Waals surface area (Å²) < 4.78 is 0. The number of nitrogens with zero attached hydrogens (tertiary/aromatic N) is 1. The van der Waals surface area contributed by atoms with Crippen LogP contribution in [0.4, 0.5) is 0 Å². The molecule has 5 heteroatoms. The van der Waals surface area contributed by atoms with Crippen molar-refractivity contribution in [2.24, 2.45) is 17.3 Å². The number of rotatable bonds is 7. The Morgan fingerprint density at radius 2 is 2.10 bits per heavy atom. The molecule has 2 atom stereocenters. The molecule has 1 amide bonds. The molecule has 0 saturated carbocycles. The maximum atomic E-state index is 12.0. The van der Waals surface area contributed by atoms with E-state index in [2.05, 4.69) is 17.1 Å². The van der Waals surface area contributed by atoms with Crippen LogP contribution in [0.25, 0.3) is 0 Å². The molecule has 1 aliphatic rings. The van der Waals surface area contributed by atoms with Crippen LogP contribution in [0, 0.1) is 17.3 Å². The summed E-state index contributed by atoms with van der Waals surface area (Å²) in [5.74, 6) is -0.638. The van der Waals surface area contributed by atoms with Gasteiger partial charge in [-0.3, -0.25) is 9.59 Å². The molecule has 0 aromatic rings. The highest BCUT2D eigenvalue weighted by Gasteiger charge is 2.38. The predicted octanol–water partition coefficient (Wildman–Crippen LogP) is 1.58. The molecule has 1 rings (SSSR count). The first-order valence-electron chi connectivity index (χ1n) is 7.52. The number of carbonyl (C=O) groups excluding carboxylic acids is 1. The summed E-state index contributed by atoms with van der Waals surface area (Å²) in [5, 5.41) is 12.2. The average Bonchev–Trinajstić information content (AvgIpc) is 2.83. The first-order chi connectivity index (χ1) is 9.29. The lowest BCUT2D eigenvalue weighted by molar-refractivity contribution is -0.153. The van der Waals surface area contributed by atoms with Crippen LogP contribution in [0.5, 0.6) is 0 Å². The number of amides is 1. The highest BCUT2D eigenvalue weighted by molar-refractivity contribution is 5.84. The topological polar surface area (TPSA) is 69.6 Å². The van der Waals surface area contributed by atoms with Gasteiger partial charge in [0.05, 0.1) is 5.41 Å². The summed E-state index contributed by atoms with van der Waals surface area (Å²) in [6.45, 7) is 11.3. The lowest BCUT2D eigenvalue weighted by Gasteiger charge is -2.28. The number of likely N-dealkylation sites (tertiary alicyclic amines) is 1. The molecular weight excluding hydrogens is 256 g/mol. The van der Waals surface area contributed by atoms with Crippen molar-refractivity contribution in [3.63, 3.8) is 0 Å². The Labute approximate surface area is 121 Å². The summed E-state index contributed by atoms with van der Waals surface area (Å²) in [5.41, 5.74) is -0.991. The number of hydrogen-bond donors (Lipinski definition) is 2. The van der Waals surface area contributed by atoms with Gasteiger partial charge in [-0.2, -0.15) is 0 Å². The van der Waals surface area contributed by atoms with Gasteiger partial charge in [-0.1, -0.05) is 20.8 Å². The van der Waals surface area contributed by atoms with E-state index in [1.54, 1.807) is 6.92 Å². The first-order valence-corrected chi connectivity index (χ1v) is 7.52. The second-order valence-corrected chi connectivity index (χ2v) is 6.41. The summed E-state index contributed by atoms with van der Waals surface area (Å²) in [7, 11) is 0. The van der Waals surface area contributed by atoms with E-state index in [1.165, 1.54) is 0 Å². The van der Waals surface area contributed by atoms with Gasteiger partial charge < -0.3 is 15.3 Å². The lowest BCUT2D eigenvalue weighted by Crippen LogP contribution is -2.40. The first kappa shape index (κ1) is 17.0. The zero-order valence-corrected chi connectivity index (χ0v) is 13.1. The zero-order chi connectivity index (χ0) is 15.3. The molecule has 0 aliphatic carbocycles. The van der Waals surface area contributed by atoms with E-state index >= 15 is 0 Å². The van der Waals surface area contributed by atoms with Crippen LogP contribution in [0.2, 0.25) is 0 Å². The fourth-order valence-electron chi connectivity index (χ4n) is 2.55. The Hall–Kier alpha value is -1.10. The Bertz CT molecular complexity index is 357. The van der Waals surface area contributed by atoms with Crippen molar-refractivity contribution in [1.29, 1.82) is 0 Å². The summed E-state index contributed by atoms with van der Waals surface area (Å²) >= 11 is 0. The Morgan fingerprint density at radius 1 is 1.45 bits per heavy atom. The van der Waals surface area contributed by atoms with Crippen molar-refractivity contribution in [3.05, 3.63) is 0 Å². The van der Waals surface area contributed by atoms with E-state index in [-0.39, 0.29) is 18.2 Å². The standard InChI is InChI=1S/C15H28N2O3/c1-5-17-7-6-12(10-17)9-16-13(18)8-15(4,11(2)3)14(19)20/h11-12H,5-10H2,1-4H3,(H,16,18)(H,19,20). The minimum absolute atomic E-state index is 0.0458. The SMILES string of the molecule is CCN1CCC(CNC(=O)CC(C)(C(=O)O)C(C)C)C1. The monoisotopic (exact) mass is 284 g/mol. The number of carboxylic acid groups (broad SMARTS) is 1. The minimum Gasteiger partial charge on any atom is -0.481 e. The molecule has 20 heavy (non-hydrogen) atoms. The Balaban J connectivity index is 2.42. The van der Waals surface area contributed by atoms with Gasteiger partial charge in [0.2, 0.25) is 5.91 Å². The van der Waals surface area contributed by atoms with Gasteiger partial charge in [0.15, 0.2) is 0 Å². The highest BCUT2D eigenvalue weighted by atomic mass is 16.4. The van der Waals surface area contributed by atoms with Gasteiger partial charge in [0.1, 0.15) is 0 Å². The fourth-order valence-corrected chi connectivity index (χ4v) is 2.55. The molecule has 2 N–H and O–H groups in total. The molecule has 5 nitrogen and oxygen atoms in total. The molecule has 116 valence electrons. The second kappa shape index (κ2) is 7.07. The van der Waals surface area contributed by atoms with Gasteiger partial charge in [-0.25, -0.2) is 0 Å². The van der Waals surface area contributed by atoms with Gasteiger partial charge in [0.25, 0.3) is 0 Å². The van der Waals surface area contributed by atoms with Crippen molar-refractivity contribution in [3.8, 4) is 0 Å². The third-order valence-electron chi connectivity index (χ3n) is 4.70. The van der Waals surface area contributed by atoms with Gasteiger partial charge >= 0.3 is 5.97 Å². The number of carboxylic acids is 1. The minimum atomic E-state index is -0.991. The molecule has 0 bridgehead atoms. The molecule has 0 radical (unpaired) electrons. The Kier molecular flexibility index (Phi) is 5.99. The third-order valence-corrected chi connectivity index (χ3v) is 4.70. The summed E-state index contributed by atoms with van der Waals surface area (Å²) in [4.78, 5) is 25.7. The molecule has 2 unspecified atom stereocenters. The molecular formula is C15H28N2O3. The normalized spacial score (nSPS) is 22.8. The van der Waals surface area contributed by atoms with E-state index in [9.17, 15) is 14.7 Å². The van der Waals surface area contributed by atoms with Crippen molar-refractivity contribution in [1.82, 2.24) is 10.2 Å². The average molecular weight is 284 g/mol. The molecule has 1 aliphatic heterocycles. The van der Waals surface area contributed by atoms with Crippen LogP contribution in [-0.2, 0) is 9.59 Å². The molecule has 1 fully saturated rings. The van der Waals surface area contributed by atoms with E-state index < -0.39 is 11.4 Å². The second-order valence-electron chi connectivity index (χ2n) is 6.41. The fraction of sp³-hybridized carbons (Fsp3) is 0.867. The van der Waals surface area contributed by atoms with Gasteiger partial charge in [-0.05, 0) is 38.3 Å². The van der Waals surface area contributed by atoms with Crippen molar-refractivity contribution in [2.75, 3.05) is 26.2 Å². The van der Waals surface area contributed by atoms with E-state index in [0.29, 0.717) is 12.5 Å². The molecule has 0 spiro atoms. The van der Waals surface area contributed by atoms with Crippen LogP contribution < -0.4 is 5.32 Å². The van der Waals surface area contributed by atoms with Crippen LogP contribution in [0.3, 0.4) is 0 Å². The summed E-state index contributed by atoms with van der Waals surface area (Å²) in [6, 6.07) is 0. The van der Waals surface area contributed by atoms with Crippen LogP contribution >= 0.6 is 0 Å². The molecule has 0 aromatic heterocycles. The predicted molar refractivity (Wildman–Crippen MR) is 78.4 cm³/mol. The molecule has 1 saturated heterocycles. The van der Waals surface area contributed by atoms with Crippen molar-refractivity contribution >= 4 is 11.9 Å². The Morgan fingerprint density at radius 3 is 2.55 bits per heavy atom. The quantitative estimate of drug-likeness (QED) is 0.745. The van der Waals surface area contributed by atoms with Crippen molar-refractivity contribution in [2.45, 2.75) is 40.5 Å². The maximum absolute atomic E-state index is 12.0. The van der Waals surface area contributed by atoms with E-state index in [0.717, 1.165) is 26.1 Å². The lowest BCUT2D eigenvalue weighted by atomic mass is 9.76. The van der Waals surface area contributed by atoms with Crippen LogP contribution in [0.1, 0.15) is 40.5 Å². The highest BCUT2D eigenvalue weighted by Crippen LogP contribution is 2.31.